The number of hydrogen-bond acceptors (Lipinski definition) is 4. The van der Waals surface area contributed by atoms with Gasteiger partial charge in [-0.2, -0.15) is 0 Å². The molecule has 0 aromatic rings. The van der Waals surface area contributed by atoms with E-state index in [1.54, 1.807) is 4.90 Å². The maximum atomic E-state index is 11.7. The van der Waals surface area contributed by atoms with E-state index in [0.29, 0.717) is 19.6 Å². The summed E-state index contributed by atoms with van der Waals surface area (Å²) in [5.41, 5.74) is 0. The number of amides is 2. The highest BCUT2D eigenvalue weighted by atomic mass is 16.5. The first-order valence-corrected chi connectivity index (χ1v) is 6.17. The second-order valence-corrected chi connectivity index (χ2v) is 4.39. The highest BCUT2D eigenvalue weighted by Gasteiger charge is 2.24. The van der Waals surface area contributed by atoms with Crippen LogP contribution < -0.4 is 10.6 Å². The molecule has 96 valence electrons. The molecule has 6 nitrogen and oxygen atoms in total. The van der Waals surface area contributed by atoms with Crippen molar-refractivity contribution >= 4 is 11.8 Å². The molecular weight excluding hydrogens is 222 g/mol. The minimum atomic E-state index is -0.512. The fraction of sp³-hybridized carbons (Fsp3) is 0.818. The van der Waals surface area contributed by atoms with Gasteiger partial charge in [0.1, 0.15) is 0 Å². The molecule has 2 fully saturated rings. The summed E-state index contributed by atoms with van der Waals surface area (Å²) in [5, 5.41) is 5.79. The van der Waals surface area contributed by atoms with Crippen LogP contribution in [0.25, 0.3) is 0 Å². The minimum absolute atomic E-state index is 0.0785. The van der Waals surface area contributed by atoms with Crippen LogP contribution in [-0.4, -0.2) is 62.1 Å². The van der Waals surface area contributed by atoms with Gasteiger partial charge in [0, 0.05) is 39.3 Å². The molecule has 2 saturated heterocycles. The van der Waals surface area contributed by atoms with Crippen LogP contribution >= 0.6 is 0 Å². The van der Waals surface area contributed by atoms with Crippen molar-refractivity contribution in [3.05, 3.63) is 0 Å². The molecule has 0 radical (unpaired) electrons. The van der Waals surface area contributed by atoms with Crippen molar-refractivity contribution in [2.24, 2.45) is 0 Å². The average molecular weight is 241 g/mol. The monoisotopic (exact) mass is 241 g/mol. The van der Waals surface area contributed by atoms with Crippen LogP contribution in [0.15, 0.2) is 0 Å². The van der Waals surface area contributed by atoms with Gasteiger partial charge in [-0.05, 0) is 12.8 Å². The molecule has 2 aliphatic heterocycles. The highest BCUT2D eigenvalue weighted by molar-refractivity contribution is 6.35. The Labute approximate surface area is 101 Å². The molecule has 1 atom stereocenters. The van der Waals surface area contributed by atoms with E-state index in [4.69, 9.17) is 4.74 Å². The molecule has 6 heteroatoms. The van der Waals surface area contributed by atoms with Gasteiger partial charge in [0.05, 0.1) is 6.10 Å². The maximum Gasteiger partial charge on any atom is 0.311 e. The Bertz CT molecular complexity index is 284. The predicted molar refractivity (Wildman–Crippen MR) is 61.4 cm³/mol. The normalized spacial score (nSPS) is 24.7. The summed E-state index contributed by atoms with van der Waals surface area (Å²) in [4.78, 5) is 25.0. The zero-order valence-corrected chi connectivity index (χ0v) is 9.91. The molecule has 0 aromatic heterocycles. The Kier molecular flexibility index (Phi) is 4.33. The van der Waals surface area contributed by atoms with E-state index in [2.05, 4.69) is 10.6 Å². The first-order chi connectivity index (χ1) is 8.27. The molecule has 0 bridgehead atoms. The summed E-state index contributed by atoms with van der Waals surface area (Å²) in [6.45, 7) is 3.91. The number of nitrogens with one attached hydrogen (secondary N) is 2. The van der Waals surface area contributed by atoms with Crippen LogP contribution in [0, 0.1) is 0 Å². The second kappa shape index (κ2) is 5.97. The zero-order chi connectivity index (χ0) is 12.1. The van der Waals surface area contributed by atoms with E-state index in [1.165, 1.54) is 0 Å². The van der Waals surface area contributed by atoms with Crippen molar-refractivity contribution in [2.45, 2.75) is 18.9 Å². The van der Waals surface area contributed by atoms with E-state index in [0.717, 1.165) is 32.5 Å². The molecule has 0 aliphatic carbocycles. The van der Waals surface area contributed by atoms with Gasteiger partial charge in [0.15, 0.2) is 0 Å². The standard InChI is InChI=1S/C11H19N3O3/c15-10(13-8-9-2-1-7-17-9)11(16)14-5-3-12-4-6-14/h9,12H,1-8H2,(H,13,15). The van der Waals surface area contributed by atoms with E-state index < -0.39 is 11.8 Å². The number of carbonyl (C=O) groups is 2. The van der Waals surface area contributed by atoms with Crippen molar-refractivity contribution < 1.29 is 14.3 Å². The topological polar surface area (TPSA) is 70.7 Å². The number of carbonyl (C=O) groups excluding carboxylic acids is 2. The van der Waals surface area contributed by atoms with Crippen LogP contribution in [0.1, 0.15) is 12.8 Å². The molecule has 0 aromatic carbocycles. The molecule has 2 amide bonds. The van der Waals surface area contributed by atoms with Crippen molar-refractivity contribution in [3.8, 4) is 0 Å². The van der Waals surface area contributed by atoms with Gasteiger partial charge in [0.25, 0.3) is 0 Å². The van der Waals surface area contributed by atoms with E-state index in [1.807, 2.05) is 0 Å². The largest absolute Gasteiger partial charge is 0.376 e. The van der Waals surface area contributed by atoms with Crippen LogP contribution in [0.3, 0.4) is 0 Å². The average Bonchev–Trinajstić information content (AvgIpc) is 2.89. The van der Waals surface area contributed by atoms with Crippen LogP contribution in [0.5, 0.6) is 0 Å². The van der Waals surface area contributed by atoms with Gasteiger partial charge in [0.2, 0.25) is 0 Å². The molecule has 2 rings (SSSR count). The highest BCUT2D eigenvalue weighted by Crippen LogP contribution is 2.10. The van der Waals surface area contributed by atoms with Crippen molar-refractivity contribution in [3.63, 3.8) is 0 Å². The fourth-order valence-electron chi connectivity index (χ4n) is 2.10. The smallest absolute Gasteiger partial charge is 0.311 e. The first kappa shape index (κ1) is 12.3. The van der Waals surface area contributed by atoms with Gasteiger partial charge in [-0.25, -0.2) is 0 Å². The lowest BCUT2D eigenvalue weighted by atomic mass is 10.2. The number of rotatable bonds is 2. The van der Waals surface area contributed by atoms with Crippen molar-refractivity contribution in [1.82, 2.24) is 15.5 Å². The molecule has 2 N–H and O–H groups in total. The second-order valence-electron chi connectivity index (χ2n) is 4.39. The number of hydrogen-bond donors (Lipinski definition) is 2. The van der Waals surface area contributed by atoms with Gasteiger partial charge >= 0.3 is 11.8 Å². The van der Waals surface area contributed by atoms with Crippen molar-refractivity contribution in [2.75, 3.05) is 39.3 Å². The molecular formula is C11H19N3O3. The summed E-state index contributed by atoms with van der Waals surface area (Å²) in [6.07, 6.45) is 2.07. The third kappa shape index (κ3) is 3.41. The Morgan fingerprint density at radius 1 is 1.35 bits per heavy atom. The third-order valence-corrected chi connectivity index (χ3v) is 3.11. The van der Waals surface area contributed by atoms with Crippen LogP contribution in [0.4, 0.5) is 0 Å². The summed E-state index contributed by atoms with van der Waals surface area (Å²) in [6, 6.07) is 0. The minimum Gasteiger partial charge on any atom is -0.376 e. The molecule has 17 heavy (non-hydrogen) atoms. The van der Waals surface area contributed by atoms with E-state index in [9.17, 15) is 9.59 Å². The van der Waals surface area contributed by atoms with Gasteiger partial charge < -0.3 is 20.3 Å². The van der Waals surface area contributed by atoms with Gasteiger partial charge in [-0.1, -0.05) is 0 Å². The molecule has 0 saturated carbocycles. The SMILES string of the molecule is O=C(NCC1CCCO1)C(=O)N1CCNCC1. The van der Waals surface area contributed by atoms with Crippen molar-refractivity contribution in [1.29, 1.82) is 0 Å². The lowest BCUT2D eigenvalue weighted by molar-refractivity contribution is -0.146. The molecule has 1 unspecified atom stereocenters. The van der Waals surface area contributed by atoms with Crippen LogP contribution in [0.2, 0.25) is 0 Å². The lowest BCUT2D eigenvalue weighted by Crippen LogP contribution is -2.51. The van der Waals surface area contributed by atoms with E-state index in [-0.39, 0.29) is 6.10 Å². The number of nitrogens with zero attached hydrogens (tertiary/aromatic N) is 1. The summed E-state index contributed by atoms with van der Waals surface area (Å²) in [5.74, 6) is -0.938. The lowest BCUT2D eigenvalue weighted by Gasteiger charge is -2.26. The maximum absolute atomic E-state index is 11.7. The Balaban J connectivity index is 1.72. The Hall–Kier alpha value is -1.14. The first-order valence-electron chi connectivity index (χ1n) is 6.17. The van der Waals surface area contributed by atoms with E-state index >= 15 is 0 Å². The fourth-order valence-corrected chi connectivity index (χ4v) is 2.10. The summed E-state index contributed by atoms with van der Waals surface area (Å²) in [7, 11) is 0. The molecule has 0 spiro atoms. The molecule has 2 heterocycles. The predicted octanol–water partition coefficient (Wildman–Crippen LogP) is -1.29. The van der Waals surface area contributed by atoms with Crippen LogP contribution in [-0.2, 0) is 14.3 Å². The zero-order valence-electron chi connectivity index (χ0n) is 9.91. The quantitative estimate of drug-likeness (QED) is 0.590. The Morgan fingerprint density at radius 3 is 2.76 bits per heavy atom. The number of ether oxygens (including phenoxy) is 1. The molecule has 2 aliphatic rings. The van der Waals surface area contributed by atoms with Gasteiger partial charge in [-0.15, -0.1) is 0 Å². The summed E-state index contributed by atoms with van der Waals surface area (Å²) >= 11 is 0. The number of piperazine rings is 1. The summed E-state index contributed by atoms with van der Waals surface area (Å²) < 4.78 is 5.38. The Morgan fingerprint density at radius 2 is 2.12 bits per heavy atom. The third-order valence-electron chi connectivity index (χ3n) is 3.11. The van der Waals surface area contributed by atoms with Gasteiger partial charge in [-0.3, -0.25) is 9.59 Å².